The lowest BCUT2D eigenvalue weighted by atomic mass is 9.95. The Kier molecular flexibility index (Phi) is 4.31. The van der Waals surface area contributed by atoms with Gasteiger partial charge in [-0.2, -0.15) is 0 Å². The van der Waals surface area contributed by atoms with E-state index in [9.17, 15) is 0 Å². The number of rotatable bonds is 3. The molecule has 1 aliphatic heterocycles. The second-order valence-electron chi connectivity index (χ2n) is 7.05. The molecule has 5 nitrogen and oxygen atoms in total. The van der Waals surface area contributed by atoms with Gasteiger partial charge in [0.1, 0.15) is 5.82 Å². The predicted molar refractivity (Wildman–Crippen MR) is 89.3 cm³/mol. The van der Waals surface area contributed by atoms with Gasteiger partial charge in [-0.1, -0.05) is 26.8 Å². The van der Waals surface area contributed by atoms with Crippen LogP contribution in [0.1, 0.15) is 43.4 Å². The molecule has 3 rings (SSSR count). The molecule has 0 unspecified atom stereocenters. The van der Waals surface area contributed by atoms with Crippen molar-refractivity contribution in [3.05, 3.63) is 47.2 Å². The van der Waals surface area contributed by atoms with Crippen LogP contribution < -0.4 is 4.74 Å². The Morgan fingerprint density at radius 3 is 2.83 bits per heavy atom. The fourth-order valence-electron chi connectivity index (χ4n) is 2.84. The van der Waals surface area contributed by atoms with Crippen LogP contribution in [0.15, 0.2) is 24.5 Å². The zero-order valence-electron chi connectivity index (χ0n) is 14.3. The maximum atomic E-state index is 5.35. The summed E-state index contributed by atoms with van der Waals surface area (Å²) in [5.74, 6) is 1.64. The fraction of sp³-hybridized carbons (Fsp3) is 0.500. The molecule has 122 valence electrons. The second-order valence-corrected chi connectivity index (χ2v) is 7.05. The molecule has 0 bridgehead atoms. The molecule has 0 fully saturated rings. The van der Waals surface area contributed by atoms with Crippen LogP contribution in [0.3, 0.4) is 0 Å². The highest BCUT2D eigenvalue weighted by Gasteiger charge is 2.23. The van der Waals surface area contributed by atoms with E-state index in [1.54, 1.807) is 13.3 Å². The number of fused-ring (bicyclic) bond motifs is 1. The van der Waals surface area contributed by atoms with Crippen molar-refractivity contribution in [2.24, 2.45) is 0 Å². The Hall–Kier alpha value is -2.01. The fourth-order valence-corrected chi connectivity index (χ4v) is 2.84. The van der Waals surface area contributed by atoms with Crippen molar-refractivity contribution in [1.29, 1.82) is 0 Å². The molecular formula is C18H24N4O. The lowest BCUT2D eigenvalue weighted by molar-refractivity contribution is 0.237. The van der Waals surface area contributed by atoms with Gasteiger partial charge in [0.15, 0.2) is 0 Å². The van der Waals surface area contributed by atoms with Gasteiger partial charge in [0.25, 0.3) is 0 Å². The maximum absolute atomic E-state index is 5.35. The Bertz CT molecular complexity index is 694. The average molecular weight is 312 g/mol. The van der Waals surface area contributed by atoms with E-state index >= 15 is 0 Å². The van der Waals surface area contributed by atoms with Gasteiger partial charge in [-0.3, -0.25) is 4.90 Å². The van der Waals surface area contributed by atoms with E-state index in [0.717, 1.165) is 37.4 Å². The van der Waals surface area contributed by atoms with Crippen molar-refractivity contribution < 1.29 is 4.74 Å². The van der Waals surface area contributed by atoms with E-state index in [1.807, 2.05) is 12.3 Å². The number of ether oxygens (including phenoxy) is 1. The van der Waals surface area contributed by atoms with Crippen LogP contribution in [0.4, 0.5) is 0 Å². The molecule has 1 aliphatic rings. The van der Waals surface area contributed by atoms with Gasteiger partial charge in [0.2, 0.25) is 5.88 Å². The third-order valence-electron chi connectivity index (χ3n) is 4.12. The van der Waals surface area contributed by atoms with Crippen LogP contribution in [0.25, 0.3) is 0 Å². The highest BCUT2D eigenvalue weighted by Crippen LogP contribution is 2.24. The highest BCUT2D eigenvalue weighted by molar-refractivity contribution is 5.27. The van der Waals surface area contributed by atoms with E-state index in [2.05, 4.69) is 41.7 Å². The van der Waals surface area contributed by atoms with Crippen LogP contribution in [0.2, 0.25) is 0 Å². The molecule has 0 aromatic carbocycles. The summed E-state index contributed by atoms with van der Waals surface area (Å²) in [4.78, 5) is 16.0. The van der Waals surface area contributed by atoms with Crippen molar-refractivity contribution in [3.63, 3.8) is 0 Å². The SMILES string of the molecule is COc1ncccc1CN1CCc2nc(C(C)(C)C)ncc2C1. The Labute approximate surface area is 137 Å². The molecule has 0 atom stereocenters. The monoisotopic (exact) mass is 312 g/mol. The van der Waals surface area contributed by atoms with Crippen LogP contribution in [-0.4, -0.2) is 33.5 Å². The summed E-state index contributed by atoms with van der Waals surface area (Å²) in [6.07, 6.45) is 4.72. The molecular weight excluding hydrogens is 288 g/mol. The average Bonchev–Trinajstić information content (AvgIpc) is 2.54. The van der Waals surface area contributed by atoms with Gasteiger partial charge >= 0.3 is 0 Å². The van der Waals surface area contributed by atoms with Gasteiger partial charge in [-0.25, -0.2) is 15.0 Å². The molecule has 0 spiro atoms. The Balaban J connectivity index is 1.76. The first kappa shape index (κ1) is 15.9. The molecule has 0 saturated carbocycles. The van der Waals surface area contributed by atoms with Gasteiger partial charge in [-0.05, 0) is 6.07 Å². The molecule has 0 saturated heterocycles. The first-order valence-electron chi connectivity index (χ1n) is 8.03. The summed E-state index contributed by atoms with van der Waals surface area (Å²) >= 11 is 0. The van der Waals surface area contributed by atoms with Gasteiger partial charge in [0, 0.05) is 60.7 Å². The van der Waals surface area contributed by atoms with Gasteiger partial charge in [-0.15, -0.1) is 0 Å². The smallest absolute Gasteiger partial charge is 0.217 e. The minimum atomic E-state index is -0.00472. The summed E-state index contributed by atoms with van der Waals surface area (Å²) in [5, 5.41) is 0. The van der Waals surface area contributed by atoms with Gasteiger partial charge in [0.05, 0.1) is 7.11 Å². The molecule has 5 heteroatoms. The summed E-state index contributed by atoms with van der Waals surface area (Å²) in [7, 11) is 1.67. The molecule has 23 heavy (non-hydrogen) atoms. The van der Waals surface area contributed by atoms with Crippen LogP contribution >= 0.6 is 0 Å². The molecule has 0 N–H and O–H groups in total. The first-order chi connectivity index (χ1) is 11.0. The standard InChI is InChI=1S/C18H24N4O/c1-18(2,3)17-20-10-14-12-22(9-7-15(14)21-17)11-13-6-5-8-19-16(13)23-4/h5-6,8,10H,7,9,11-12H2,1-4H3. The molecule has 2 aromatic heterocycles. The number of hydrogen-bond acceptors (Lipinski definition) is 5. The molecule has 0 radical (unpaired) electrons. The maximum Gasteiger partial charge on any atom is 0.217 e. The topological polar surface area (TPSA) is 51.1 Å². The van der Waals surface area contributed by atoms with Crippen LogP contribution in [0.5, 0.6) is 5.88 Å². The first-order valence-corrected chi connectivity index (χ1v) is 8.03. The molecule has 3 heterocycles. The van der Waals surface area contributed by atoms with Crippen molar-refractivity contribution in [1.82, 2.24) is 19.9 Å². The lowest BCUT2D eigenvalue weighted by Gasteiger charge is -2.29. The number of aromatic nitrogens is 3. The number of pyridine rings is 1. The van der Waals surface area contributed by atoms with Crippen molar-refractivity contribution in [2.45, 2.75) is 45.7 Å². The molecule has 0 aliphatic carbocycles. The van der Waals surface area contributed by atoms with Crippen LogP contribution in [-0.2, 0) is 24.9 Å². The van der Waals surface area contributed by atoms with Gasteiger partial charge < -0.3 is 4.74 Å². The predicted octanol–water partition coefficient (Wildman–Crippen LogP) is 2.74. The Morgan fingerprint density at radius 2 is 2.09 bits per heavy atom. The minimum absolute atomic E-state index is 0.00472. The lowest BCUT2D eigenvalue weighted by Crippen LogP contribution is -2.32. The zero-order chi connectivity index (χ0) is 16.4. The summed E-state index contributed by atoms with van der Waals surface area (Å²) < 4.78 is 5.35. The third kappa shape index (κ3) is 3.50. The minimum Gasteiger partial charge on any atom is -0.481 e. The summed E-state index contributed by atoms with van der Waals surface area (Å²) in [6.45, 7) is 9.15. The van der Waals surface area contributed by atoms with E-state index in [4.69, 9.17) is 9.72 Å². The number of nitrogens with zero attached hydrogens (tertiary/aromatic N) is 4. The van der Waals surface area contributed by atoms with Crippen molar-refractivity contribution in [2.75, 3.05) is 13.7 Å². The highest BCUT2D eigenvalue weighted by atomic mass is 16.5. The molecule has 0 amide bonds. The quantitative estimate of drug-likeness (QED) is 0.872. The normalized spacial score (nSPS) is 15.3. The third-order valence-corrected chi connectivity index (χ3v) is 4.12. The second kappa shape index (κ2) is 6.24. The summed E-state index contributed by atoms with van der Waals surface area (Å²) in [6, 6.07) is 4.02. The Morgan fingerprint density at radius 1 is 1.26 bits per heavy atom. The van der Waals surface area contributed by atoms with E-state index in [1.165, 1.54) is 11.3 Å². The number of hydrogen-bond donors (Lipinski definition) is 0. The largest absolute Gasteiger partial charge is 0.481 e. The van der Waals surface area contributed by atoms with E-state index in [-0.39, 0.29) is 5.41 Å². The molecule has 2 aromatic rings. The van der Waals surface area contributed by atoms with Crippen molar-refractivity contribution >= 4 is 0 Å². The van der Waals surface area contributed by atoms with Crippen molar-refractivity contribution in [3.8, 4) is 5.88 Å². The zero-order valence-corrected chi connectivity index (χ0v) is 14.3. The van der Waals surface area contributed by atoms with E-state index in [0.29, 0.717) is 5.88 Å². The number of methoxy groups -OCH3 is 1. The van der Waals surface area contributed by atoms with Crippen LogP contribution in [0, 0.1) is 0 Å². The van der Waals surface area contributed by atoms with E-state index < -0.39 is 0 Å². The summed E-state index contributed by atoms with van der Waals surface area (Å²) in [5.41, 5.74) is 3.53.